The van der Waals surface area contributed by atoms with Crippen LogP contribution in [0, 0.1) is 5.92 Å². The second-order valence-electron chi connectivity index (χ2n) is 5.74. The summed E-state index contributed by atoms with van der Waals surface area (Å²) in [4.78, 5) is 11.7. The van der Waals surface area contributed by atoms with Gasteiger partial charge in [-0.3, -0.25) is 4.57 Å². The van der Waals surface area contributed by atoms with Gasteiger partial charge >= 0.3 is 13.7 Å². The largest absolute Gasteiger partial charge is 0.444 e. The third-order valence-electron chi connectivity index (χ3n) is 2.68. The van der Waals surface area contributed by atoms with Crippen molar-refractivity contribution in [2.24, 2.45) is 5.92 Å². The summed E-state index contributed by atoms with van der Waals surface area (Å²) < 4.78 is 27.7. The van der Waals surface area contributed by atoms with Crippen LogP contribution in [-0.2, 0) is 18.3 Å². The van der Waals surface area contributed by atoms with Crippen LogP contribution in [-0.4, -0.2) is 37.1 Å². The summed E-state index contributed by atoms with van der Waals surface area (Å²) in [5.41, 5.74) is -0.538. The molecule has 6 nitrogen and oxygen atoms in total. The van der Waals surface area contributed by atoms with E-state index in [4.69, 9.17) is 13.8 Å². The third-order valence-corrected chi connectivity index (χ3v) is 4.89. The lowest BCUT2D eigenvalue weighted by Crippen LogP contribution is -2.47. The molecule has 0 aromatic carbocycles. The molecule has 1 rings (SSSR count). The predicted octanol–water partition coefficient (Wildman–Crippen LogP) is 2.78. The molecule has 1 heterocycles. The van der Waals surface area contributed by atoms with Crippen molar-refractivity contribution in [2.75, 3.05) is 19.4 Å². The highest BCUT2D eigenvalue weighted by Crippen LogP contribution is 2.52. The van der Waals surface area contributed by atoms with Crippen LogP contribution in [0.4, 0.5) is 4.79 Å². The fourth-order valence-electron chi connectivity index (χ4n) is 1.82. The van der Waals surface area contributed by atoms with Crippen molar-refractivity contribution >= 4 is 13.7 Å². The van der Waals surface area contributed by atoms with Gasteiger partial charge in [0.05, 0.1) is 25.4 Å². The predicted molar refractivity (Wildman–Crippen MR) is 72.4 cm³/mol. The van der Waals surface area contributed by atoms with Gasteiger partial charge in [0.1, 0.15) is 5.60 Å². The van der Waals surface area contributed by atoms with E-state index in [1.807, 2.05) is 6.92 Å². The number of carbonyl (C=O) groups is 1. The van der Waals surface area contributed by atoms with Crippen LogP contribution in [0.15, 0.2) is 0 Å². The smallest absolute Gasteiger partial charge is 0.407 e. The number of carbonyl (C=O) groups excluding carboxylic acids is 1. The molecule has 1 fully saturated rings. The van der Waals surface area contributed by atoms with Crippen LogP contribution in [0.3, 0.4) is 0 Å². The Kier molecular flexibility index (Phi) is 5.42. The van der Waals surface area contributed by atoms with Gasteiger partial charge < -0.3 is 19.1 Å². The van der Waals surface area contributed by atoms with Crippen molar-refractivity contribution < 1.29 is 23.1 Å². The SMILES string of the molecule is CCOP1(=O)C[C@H](C)[C@@H](NC(=O)OC(C)(C)C)CO1. The average molecular weight is 293 g/mol. The van der Waals surface area contributed by atoms with Crippen molar-refractivity contribution in [2.45, 2.75) is 46.3 Å². The van der Waals surface area contributed by atoms with E-state index in [1.165, 1.54) is 0 Å². The molecule has 7 heteroatoms. The molecule has 1 N–H and O–H groups in total. The zero-order chi connectivity index (χ0) is 14.7. The first-order chi connectivity index (χ1) is 8.65. The van der Waals surface area contributed by atoms with E-state index in [0.717, 1.165) is 0 Å². The third kappa shape index (κ3) is 5.51. The van der Waals surface area contributed by atoms with Crippen molar-refractivity contribution in [1.82, 2.24) is 5.32 Å². The molecular formula is C12H24NO5P. The van der Waals surface area contributed by atoms with Gasteiger partial charge in [-0.2, -0.15) is 0 Å². The van der Waals surface area contributed by atoms with Crippen LogP contribution in [0.25, 0.3) is 0 Å². The van der Waals surface area contributed by atoms with Crippen molar-refractivity contribution in [3.8, 4) is 0 Å². The van der Waals surface area contributed by atoms with Gasteiger partial charge in [0.25, 0.3) is 0 Å². The molecule has 0 aliphatic carbocycles. The van der Waals surface area contributed by atoms with Gasteiger partial charge in [0.15, 0.2) is 0 Å². The normalized spacial score (nSPS) is 31.8. The Morgan fingerprint density at radius 2 is 2.11 bits per heavy atom. The molecular weight excluding hydrogens is 269 g/mol. The van der Waals surface area contributed by atoms with Crippen LogP contribution in [0.1, 0.15) is 34.6 Å². The molecule has 0 saturated carbocycles. The maximum Gasteiger partial charge on any atom is 0.407 e. The first-order valence-electron chi connectivity index (χ1n) is 6.53. The number of alkyl carbamates (subject to hydrolysis) is 1. The Hall–Kier alpha value is -0.580. The lowest BCUT2D eigenvalue weighted by Gasteiger charge is -2.34. The minimum Gasteiger partial charge on any atom is -0.444 e. The minimum atomic E-state index is -2.98. The summed E-state index contributed by atoms with van der Waals surface area (Å²) in [7, 11) is -2.98. The Labute approximate surface area is 114 Å². The summed E-state index contributed by atoms with van der Waals surface area (Å²) >= 11 is 0. The van der Waals surface area contributed by atoms with E-state index in [9.17, 15) is 9.36 Å². The molecule has 3 atom stereocenters. The molecule has 1 amide bonds. The van der Waals surface area contributed by atoms with Gasteiger partial charge in [-0.15, -0.1) is 0 Å². The molecule has 0 bridgehead atoms. The number of rotatable bonds is 3. The number of hydrogen-bond donors (Lipinski definition) is 1. The van der Waals surface area contributed by atoms with E-state index < -0.39 is 19.3 Å². The number of hydrogen-bond acceptors (Lipinski definition) is 5. The van der Waals surface area contributed by atoms with Crippen molar-refractivity contribution in [3.05, 3.63) is 0 Å². The highest BCUT2D eigenvalue weighted by molar-refractivity contribution is 7.53. The Morgan fingerprint density at radius 1 is 1.47 bits per heavy atom. The summed E-state index contributed by atoms with van der Waals surface area (Å²) in [5.74, 6) is 0.0126. The van der Waals surface area contributed by atoms with Gasteiger partial charge in [0, 0.05) is 0 Å². The van der Waals surface area contributed by atoms with Crippen LogP contribution >= 0.6 is 7.60 Å². The molecule has 0 aromatic heterocycles. The maximum absolute atomic E-state index is 12.1. The lowest BCUT2D eigenvalue weighted by molar-refractivity contribution is 0.0445. The van der Waals surface area contributed by atoms with E-state index in [1.54, 1.807) is 27.7 Å². The van der Waals surface area contributed by atoms with Crippen LogP contribution < -0.4 is 5.32 Å². The van der Waals surface area contributed by atoms with Gasteiger partial charge in [0.2, 0.25) is 0 Å². The van der Waals surface area contributed by atoms with E-state index in [2.05, 4.69) is 5.32 Å². The summed E-state index contributed by atoms with van der Waals surface area (Å²) in [5, 5.41) is 2.74. The molecule has 112 valence electrons. The molecule has 0 spiro atoms. The van der Waals surface area contributed by atoms with E-state index in [-0.39, 0.29) is 18.6 Å². The second-order valence-corrected chi connectivity index (χ2v) is 7.84. The van der Waals surface area contributed by atoms with E-state index in [0.29, 0.717) is 12.8 Å². The van der Waals surface area contributed by atoms with Gasteiger partial charge in [-0.1, -0.05) is 6.92 Å². The first-order valence-corrected chi connectivity index (χ1v) is 8.25. The quantitative estimate of drug-likeness (QED) is 0.810. The maximum atomic E-state index is 12.1. The monoisotopic (exact) mass is 293 g/mol. The standard InChI is InChI=1S/C12H24NO5P/c1-6-16-19(15)8-9(2)10(7-17-19)13-11(14)18-12(3,4)5/h9-10H,6-8H2,1-5H3,(H,13,14)/t9-,10-,19?/m0/s1. The molecule has 1 aliphatic rings. The summed E-state index contributed by atoms with van der Waals surface area (Å²) in [6, 6.07) is -0.211. The topological polar surface area (TPSA) is 73.9 Å². The number of ether oxygens (including phenoxy) is 1. The van der Waals surface area contributed by atoms with Gasteiger partial charge in [-0.25, -0.2) is 4.79 Å². The molecule has 0 radical (unpaired) electrons. The summed E-state index contributed by atoms with van der Waals surface area (Å²) in [6.45, 7) is 9.63. The van der Waals surface area contributed by atoms with E-state index >= 15 is 0 Å². The second kappa shape index (κ2) is 6.25. The van der Waals surface area contributed by atoms with Crippen molar-refractivity contribution in [1.29, 1.82) is 0 Å². The number of nitrogens with one attached hydrogen (secondary N) is 1. The summed E-state index contributed by atoms with van der Waals surface area (Å²) in [6.07, 6.45) is -0.178. The Bertz CT molecular complexity index is 366. The molecule has 1 unspecified atom stereocenters. The Balaban J connectivity index is 2.50. The fourth-order valence-corrected chi connectivity index (χ4v) is 3.85. The minimum absolute atomic E-state index is 0.0126. The zero-order valence-corrected chi connectivity index (χ0v) is 13.2. The van der Waals surface area contributed by atoms with Crippen molar-refractivity contribution in [3.63, 3.8) is 0 Å². The first kappa shape index (κ1) is 16.5. The Morgan fingerprint density at radius 3 is 2.58 bits per heavy atom. The molecule has 1 aliphatic heterocycles. The molecule has 1 saturated heterocycles. The molecule has 0 aromatic rings. The fraction of sp³-hybridized carbons (Fsp3) is 0.917. The highest BCUT2D eigenvalue weighted by Gasteiger charge is 2.38. The highest BCUT2D eigenvalue weighted by atomic mass is 31.2. The van der Waals surface area contributed by atoms with Crippen LogP contribution in [0.2, 0.25) is 0 Å². The lowest BCUT2D eigenvalue weighted by atomic mass is 10.1. The average Bonchev–Trinajstić information content (AvgIpc) is 2.20. The molecule has 19 heavy (non-hydrogen) atoms. The number of amides is 1. The van der Waals surface area contributed by atoms with Crippen LogP contribution in [0.5, 0.6) is 0 Å². The zero-order valence-electron chi connectivity index (χ0n) is 12.3. The van der Waals surface area contributed by atoms with Gasteiger partial charge in [-0.05, 0) is 33.6 Å².